The Bertz CT molecular complexity index is 820. The molecule has 5 N–H and O–H groups in total. The number of imidazole rings is 1. The van der Waals surface area contributed by atoms with Gasteiger partial charge in [0.25, 0.3) is 5.91 Å². The first-order chi connectivity index (χ1) is 14.2. The first-order valence-corrected chi connectivity index (χ1v) is 7.44. The lowest BCUT2D eigenvalue weighted by atomic mass is 10.1. The van der Waals surface area contributed by atoms with Gasteiger partial charge in [-0.2, -0.15) is 0 Å². The van der Waals surface area contributed by atoms with Crippen molar-refractivity contribution in [2.75, 3.05) is 12.3 Å². The maximum atomic E-state index is 11.8. The van der Waals surface area contributed by atoms with E-state index in [-0.39, 0.29) is 17.3 Å². The second-order valence-corrected chi connectivity index (χ2v) is 5.43. The van der Waals surface area contributed by atoms with E-state index in [0.717, 1.165) is 0 Å². The summed E-state index contributed by atoms with van der Waals surface area (Å²) in [4.78, 5) is 52.7. The van der Waals surface area contributed by atoms with Gasteiger partial charge < -0.3 is 35.4 Å². The van der Waals surface area contributed by atoms with Gasteiger partial charge in [-0.05, 0) is 0 Å². The number of hydrogen-bond acceptors (Lipinski definition) is 10. The summed E-state index contributed by atoms with van der Waals surface area (Å²) in [7, 11) is 0. The molecule has 0 spiro atoms. The molecule has 27 heavy (non-hydrogen) atoms. The molecule has 1 amide bonds. The van der Waals surface area contributed by atoms with Crippen molar-refractivity contribution in [1.82, 2.24) is 9.97 Å². The summed E-state index contributed by atoms with van der Waals surface area (Å²) in [6.45, 7) is -2.65. The lowest BCUT2D eigenvalue weighted by Crippen LogP contribution is -2.40. The zero-order valence-corrected chi connectivity index (χ0v) is 14.0. The van der Waals surface area contributed by atoms with Gasteiger partial charge in [-0.1, -0.05) is 0 Å². The highest BCUT2D eigenvalue weighted by atomic mass is 16.6. The smallest absolute Gasteiger partial charge is 0.303 e. The Morgan fingerprint density at radius 2 is 1.78 bits per heavy atom. The largest absolute Gasteiger partial charge is 0.463 e. The number of nitrogens with two attached hydrogens (primary N) is 2. The number of nitrogens with zero attached hydrogens (tertiary/aromatic N) is 1. The first-order valence-electron chi connectivity index (χ1n) is 9.56. The Kier molecular flexibility index (Phi) is 4.78. The number of ether oxygens (including phenoxy) is 4. The second-order valence-electron chi connectivity index (χ2n) is 5.43. The maximum Gasteiger partial charge on any atom is 0.303 e. The van der Waals surface area contributed by atoms with Crippen LogP contribution in [0.3, 0.4) is 0 Å². The van der Waals surface area contributed by atoms with E-state index in [1.165, 1.54) is 0 Å². The number of primary amides is 1. The Hall–Kier alpha value is -3.15. The Labute approximate surface area is 157 Å². The van der Waals surface area contributed by atoms with Crippen molar-refractivity contribution >= 4 is 29.6 Å². The van der Waals surface area contributed by atoms with Crippen molar-refractivity contribution in [1.29, 1.82) is 0 Å². The third kappa shape index (κ3) is 4.73. The number of carbonyl (C=O) groups excluding carboxylic acids is 4. The number of hydrogen-bond donors (Lipinski definition) is 3. The molecule has 1 fully saturated rings. The molecule has 1 aromatic heterocycles. The highest BCUT2D eigenvalue weighted by Crippen LogP contribution is 2.37. The van der Waals surface area contributed by atoms with Gasteiger partial charge in [0, 0.05) is 24.8 Å². The minimum absolute atomic E-state index is 0.0923. The van der Waals surface area contributed by atoms with Crippen LogP contribution in [0.25, 0.3) is 0 Å². The van der Waals surface area contributed by atoms with Gasteiger partial charge in [-0.15, -0.1) is 0 Å². The van der Waals surface area contributed by atoms with E-state index in [1.54, 1.807) is 0 Å². The number of aromatic amines is 1. The summed E-state index contributed by atoms with van der Waals surface area (Å²) in [6, 6.07) is 0. The normalized spacial score (nSPS) is 25.7. The maximum absolute atomic E-state index is 11.8. The van der Waals surface area contributed by atoms with Gasteiger partial charge in [0.1, 0.15) is 24.2 Å². The fourth-order valence-corrected chi connectivity index (χ4v) is 2.56. The van der Waals surface area contributed by atoms with Gasteiger partial charge in [-0.3, -0.25) is 19.2 Å². The first kappa shape index (κ1) is 16.1. The highest BCUT2D eigenvalue weighted by molar-refractivity contribution is 5.95. The average Bonchev–Trinajstić information content (AvgIpc) is 3.26. The molecule has 0 saturated carbocycles. The van der Waals surface area contributed by atoms with Crippen molar-refractivity contribution in [3.8, 4) is 0 Å². The third-order valence-corrected chi connectivity index (χ3v) is 3.52. The van der Waals surface area contributed by atoms with Crippen LogP contribution in [-0.2, 0) is 33.3 Å². The van der Waals surface area contributed by atoms with E-state index in [0.29, 0.717) is 0 Å². The average molecular weight is 387 g/mol. The van der Waals surface area contributed by atoms with E-state index in [9.17, 15) is 19.2 Å². The predicted molar refractivity (Wildman–Crippen MR) is 86.9 cm³/mol. The van der Waals surface area contributed by atoms with Gasteiger partial charge in [0.2, 0.25) is 0 Å². The van der Waals surface area contributed by atoms with E-state index < -0.39 is 75.5 Å². The quantitative estimate of drug-likeness (QED) is 0.402. The van der Waals surface area contributed by atoms with Crippen LogP contribution in [0.4, 0.5) is 5.82 Å². The highest BCUT2D eigenvalue weighted by Gasteiger charge is 2.51. The molecule has 4 atom stereocenters. The Morgan fingerprint density at radius 1 is 1.15 bits per heavy atom. The summed E-state index contributed by atoms with van der Waals surface area (Å²) in [5, 5.41) is 0. The van der Waals surface area contributed by atoms with Crippen LogP contribution in [0.5, 0.6) is 0 Å². The zero-order valence-electron chi connectivity index (χ0n) is 17.0. The third-order valence-electron chi connectivity index (χ3n) is 3.52. The lowest BCUT2D eigenvalue weighted by Gasteiger charge is -2.22. The fourth-order valence-electron chi connectivity index (χ4n) is 2.56. The van der Waals surface area contributed by atoms with Gasteiger partial charge >= 0.3 is 17.9 Å². The number of nitrogen functional groups attached to an aromatic ring is 1. The number of anilines is 1. The molecule has 2 heterocycles. The minimum Gasteiger partial charge on any atom is -0.463 e. The summed E-state index contributed by atoms with van der Waals surface area (Å²) in [5.41, 5.74) is 10.6. The molecule has 12 nitrogen and oxygen atoms in total. The van der Waals surface area contributed by atoms with Crippen LogP contribution in [0, 0.1) is 0 Å². The van der Waals surface area contributed by atoms with E-state index in [4.69, 9.17) is 34.5 Å². The molecule has 0 aromatic carbocycles. The fraction of sp³-hybridized carbons (Fsp3) is 0.533. The number of amides is 1. The van der Waals surface area contributed by atoms with Crippen LogP contribution in [0.15, 0.2) is 0 Å². The SMILES string of the molecule is [2H]CC(=O)OC[C@H]1OC(c2nc(N)c(C(N)=O)[nH]2)[C@H](OC(=O)C[2H])[C@@H]1OC(=O)C[2H]. The molecule has 12 heteroatoms. The summed E-state index contributed by atoms with van der Waals surface area (Å²) in [5.74, 6) is -4.11. The molecule has 1 unspecified atom stereocenters. The van der Waals surface area contributed by atoms with Crippen molar-refractivity contribution in [3.63, 3.8) is 0 Å². The van der Waals surface area contributed by atoms with Crippen LogP contribution in [0.2, 0.25) is 0 Å². The van der Waals surface area contributed by atoms with Crippen LogP contribution < -0.4 is 11.5 Å². The molecule has 148 valence electrons. The molecule has 1 aromatic rings. The summed E-state index contributed by atoms with van der Waals surface area (Å²) < 4.78 is 42.1. The molecule has 1 saturated heterocycles. The van der Waals surface area contributed by atoms with E-state index >= 15 is 0 Å². The van der Waals surface area contributed by atoms with Crippen molar-refractivity contribution in [2.45, 2.75) is 45.1 Å². The number of H-pyrrole nitrogens is 1. The van der Waals surface area contributed by atoms with E-state index in [2.05, 4.69) is 9.97 Å². The number of esters is 3. The summed E-state index contributed by atoms with van der Waals surface area (Å²) in [6.07, 6.45) is -5.15. The number of carbonyl (C=O) groups is 4. The molecule has 1 aliphatic heterocycles. The Morgan fingerprint density at radius 3 is 2.33 bits per heavy atom. The molecule has 0 radical (unpaired) electrons. The summed E-state index contributed by atoms with van der Waals surface area (Å²) >= 11 is 0. The lowest BCUT2D eigenvalue weighted by molar-refractivity contribution is -0.165. The van der Waals surface area contributed by atoms with Gasteiger partial charge in [0.15, 0.2) is 24.1 Å². The van der Waals surface area contributed by atoms with Crippen molar-refractivity contribution in [3.05, 3.63) is 11.5 Å². The van der Waals surface area contributed by atoms with E-state index in [1.807, 2.05) is 0 Å². The monoisotopic (exact) mass is 387 g/mol. The van der Waals surface area contributed by atoms with Gasteiger partial charge in [0.05, 0.1) is 0 Å². The number of rotatable bonds is 6. The molecule has 1 aliphatic rings. The van der Waals surface area contributed by atoms with Crippen molar-refractivity contribution < 1.29 is 42.2 Å². The van der Waals surface area contributed by atoms with Crippen LogP contribution >= 0.6 is 0 Å². The van der Waals surface area contributed by atoms with Crippen LogP contribution in [-0.4, -0.2) is 58.7 Å². The molecule has 0 aliphatic carbocycles. The Balaban J connectivity index is 2.40. The second kappa shape index (κ2) is 8.03. The zero-order chi connectivity index (χ0) is 22.4. The topological polar surface area (TPSA) is 186 Å². The standard InChI is InChI=1S/C15H20N4O8/c1-5(20)24-4-8-10(25-6(2)21)11(26-7(3)22)12(27-8)15-18-9(14(17)23)13(16)19-15/h8,10-12H,4,16H2,1-3H3,(H2,17,23)(H,18,19)/t8-,10-,11-,12?/m1/s1/i1D,2D,3D. The molecular weight excluding hydrogens is 364 g/mol. The molecule has 0 bridgehead atoms. The van der Waals surface area contributed by atoms with Crippen LogP contribution in [0.1, 0.15) is 47.2 Å². The molecule has 2 rings (SSSR count). The minimum atomic E-state index is -1.37. The number of aromatic nitrogens is 2. The molecular formula is C15H20N4O8. The van der Waals surface area contributed by atoms with Crippen molar-refractivity contribution in [2.24, 2.45) is 5.73 Å². The predicted octanol–water partition coefficient (Wildman–Crippen LogP) is -1.04. The van der Waals surface area contributed by atoms with Gasteiger partial charge in [-0.25, -0.2) is 4.98 Å². The number of nitrogens with one attached hydrogen (secondary N) is 1.